The minimum atomic E-state index is -0.566. The molecule has 92 valence electrons. The van der Waals surface area contributed by atoms with Crippen LogP contribution in [0.1, 0.15) is 21.5 Å². The highest BCUT2D eigenvalue weighted by molar-refractivity contribution is 9.10. The molecule has 0 heterocycles. The number of halogens is 2. The molecule has 2 nitrogen and oxygen atoms in total. The van der Waals surface area contributed by atoms with Crippen molar-refractivity contribution < 1.29 is 9.18 Å². The molecule has 0 amide bonds. The number of ketones is 1. The molecule has 4 heteroatoms. The lowest BCUT2D eigenvalue weighted by Crippen LogP contribution is -2.08. The van der Waals surface area contributed by atoms with Gasteiger partial charge in [0.05, 0.1) is 10.0 Å². The van der Waals surface area contributed by atoms with E-state index in [9.17, 15) is 9.18 Å². The van der Waals surface area contributed by atoms with Crippen LogP contribution in [-0.2, 0) is 0 Å². The fourth-order valence-corrected chi connectivity index (χ4v) is 2.06. The molecule has 0 aliphatic rings. The molecule has 18 heavy (non-hydrogen) atoms. The van der Waals surface area contributed by atoms with Crippen LogP contribution in [0.3, 0.4) is 0 Å². The van der Waals surface area contributed by atoms with E-state index in [4.69, 9.17) is 5.73 Å². The summed E-state index contributed by atoms with van der Waals surface area (Å²) in [6.07, 6.45) is 0. The zero-order valence-electron chi connectivity index (χ0n) is 9.71. The quantitative estimate of drug-likeness (QED) is 0.679. The molecular formula is C14H11BrFNO. The number of carbonyl (C=O) groups is 1. The van der Waals surface area contributed by atoms with Crippen molar-refractivity contribution in [2.75, 3.05) is 5.73 Å². The van der Waals surface area contributed by atoms with Gasteiger partial charge in [0.15, 0.2) is 5.78 Å². The average Bonchev–Trinajstić information content (AvgIpc) is 2.35. The number of rotatable bonds is 2. The smallest absolute Gasteiger partial charge is 0.198 e. The third-order valence-corrected chi connectivity index (χ3v) is 3.26. The lowest BCUT2D eigenvalue weighted by molar-refractivity contribution is 0.103. The van der Waals surface area contributed by atoms with Crippen molar-refractivity contribution in [3.8, 4) is 0 Å². The van der Waals surface area contributed by atoms with Crippen molar-refractivity contribution in [1.29, 1.82) is 0 Å². The van der Waals surface area contributed by atoms with Gasteiger partial charge in [-0.15, -0.1) is 0 Å². The molecule has 2 aromatic carbocycles. The average molecular weight is 308 g/mol. The number of nitrogens with two attached hydrogens (primary N) is 1. The summed E-state index contributed by atoms with van der Waals surface area (Å²) in [4.78, 5) is 12.3. The first-order valence-electron chi connectivity index (χ1n) is 5.35. The van der Waals surface area contributed by atoms with Gasteiger partial charge in [0.25, 0.3) is 0 Å². The Labute approximate surface area is 113 Å². The monoisotopic (exact) mass is 307 g/mol. The van der Waals surface area contributed by atoms with E-state index in [1.807, 2.05) is 13.0 Å². The summed E-state index contributed by atoms with van der Waals surface area (Å²) in [5.41, 5.74) is 7.36. The number of hydrogen-bond donors (Lipinski definition) is 1. The molecule has 0 bridgehead atoms. The van der Waals surface area contributed by atoms with Crippen molar-refractivity contribution >= 4 is 27.4 Å². The van der Waals surface area contributed by atoms with Crippen molar-refractivity contribution in [2.24, 2.45) is 0 Å². The molecule has 2 aromatic rings. The van der Waals surface area contributed by atoms with Gasteiger partial charge in [0.1, 0.15) is 5.82 Å². The Bertz CT molecular complexity index is 621. The highest BCUT2D eigenvalue weighted by Crippen LogP contribution is 2.23. The Hall–Kier alpha value is -1.68. The van der Waals surface area contributed by atoms with Crippen LogP contribution in [0.2, 0.25) is 0 Å². The van der Waals surface area contributed by atoms with Gasteiger partial charge in [-0.25, -0.2) is 4.39 Å². The minimum Gasteiger partial charge on any atom is -0.398 e. The zero-order chi connectivity index (χ0) is 13.3. The normalized spacial score (nSPS) is 10.4. The summed E-state index contributed by atoms with van der Waals surface area (Å²) in [6, 6.07) is 9.74. The molecule has 0 saturated heterocycles. The molecule has 0 aromatic heterocycles. The fraction of sp³-hybridized carbons (Fsp3) is 0.0714. The highest BCUT2D eigenvalue weighted by Gasteiger charge is 2.17. The maximum atomic E-state index is 13.9. The molecule has 2 rings (SSSR count). The van der Waals surface area contributed by atoms with Gasteiger partial charge in [0.2, 0.25) is 0 Å². The number of nitrogen functional groups attached to an aromatic ring is 1. The van der Waals surface area contributed by atoms with E-state index >= 15 is 0 Å². The largest absolute Gasteiger partial charge is 0.398 e. The third-order valence-electron chi connectivity index (χ3n) is 2.65. The predicted molar refractivity (Wildman–Crippen MR) is 73.1 cm³/mol. The summed E-state index contributed by atoms with van der Waals surface area (Å²) in [7, 11) is 0. The second kappa shape index (κ2) is 4.90. The minimum absolute atomic E-state index is 0.0154. The molecule has 0 aliphatic heterocycles. The Morgan fingerprint density at radius 1 is 1.22 bits per heavy atom. The van der Waals surface area contributed by atoms with E-state index in [-0.39, 0.29) is 10.0 Å². The second-order valence-corrected chi connectivity index (χ2v) is 4.88. The van der Waals surface area contributed by atoms with E-state index < -0.39 is 11.6 Å². The second-order valence-electron chi connectivity index (χ2n) is 4.02. The lowest BCUT2D eigenvalue weighted by Gasteiger charge is -2.07. The van der Waals surface area contributed by atoms with Crippen molar-refractivity contribution in [2.45, 2.75) is 6.92 Å². The number of hydrogen-bond acceptors (Lipinski definition) is 2. The van der Waals surface area contributed by atoms with Crippen LogP contribution in [0.25, 0.3) is 0 Å². The molecular weight excluding hydrogens is 297 g/mol. The summed E-state index contributed by atoms with van der Waals surface area (Å²) in [6.45, 7) is 1.85. The van der Waals surface area contributed by atoms with Crippen LogP contribution in [0.4, 0.5) is 10.1 Å². The Morgan fingerprint density at radius 3 is 2.67 bits per heavy atom. The van der Waals surface area contributed by atoms with Crippen LogP contribution < -0.4 is 5.73 Å². The van der Waals surface area contributed by atoms with Gasteiger partial charge in [-0.2, -0.15) is 0 Å². The van der Waals surface area contributed by atoms with Gasteiger partial charge in [0, 0.05) is 11.3 Å². The van der Waals surface area contributed by atoms with Crippen LogP contribution in [-0.4, -0.2) is 5.78 Å². The Kier molecular flexibility index (Phi) is 3.48. The summed E-state index contributed by atoms with van der Waals surface area (Å²) < 4.78 is 14.1. The summed E-state index contributed by atoms with van der Waals surface area (Å²) >= 11 is 3.06. The van der Waals surface area contributed by atoms with Gasteiger partial charge >= 0.3 is 0 Å². The molecule has 0 spiro atoms. The van der Waals surface area contributed by atoms with Crippen LogP contribution in [0.5, 0.6) is 0 Å². The predicted octanol–water partition coefficient (Wildman–Crippen LogP) is 3.71. The summed E-state index contributed by atoms with van der Waals surface area (Å²) in [5, 5.41) is 0. The zero-order valence-corrected chi connectivity index (χ0v) is 11.3. The summed E-state index contributed by atoms with van der Waals surface area (Å²) in [5.74, 6) is -0.974. The van der Waals surface area contributed by atoms with Crippen LogP contribution >= 0.6 is 15.9 Å². The molecule has 0 fully saturated rings. The maximum absolute atomic E-state index is 13.9. The van der Waals surface area contributed by atoms with Gasteiger partial charge < -0.3 is 5.73 Å². The first kappa shape index (κ1) is 12.8. The SMILES string of the molecule is Cc1ccc(N)c(C(=O)c2cccc(Br)c2F)c1. The van der Waals surface area contributed by atoms with Crippen LogP contribution in [0.15, 0.2) is 40.9 Å². The van der Waals surface area contributed by atoms with Crippen molar-refractivity contribution in [3.05, 3.63) is 63.4 Å². The molecule has 0 radical (unpaired) electrons. The Morgan fingerprint density at radius 2 is 1.94 bits per heavy atom. The number of anilines is 1. The van der Waals surface area contributed by atoms with Crippen LogP contribution in [0, 0.1) is 12.7 Å². The van der Waals surface area contributed by atoms with E-state index in [1.165, 1.54) is 6.07 Å². The first-order chi connectivity index (χ1) is 8.50. The van der Waals surface area contributed by atoms with Crippen molar-refractivity contribution in [3.63, 3.8) is 0 Å². The number of carbonyl (C=O) groups excluding carboxylic acids is 1. The highest BCUT2D eigenvalue weighted by atomic mass is 79.9. The first-order valence-corrected chi connectivity index (χ1v) is 6.15. The van der Waals surface area contributed by atoms with E-state index in [0.29, 0.717) is 11.3 Å². The number of aryl methyl sites for hydroxylation is 1. The van der Waals surface area contributed by atoms with Gasteiger partial charge in [-0.3, -0.25) is 4.79 Å². The molecule has 2 N–H and O–H groups in total. The third kappa shape index (κ3) is 2.29. The maximum Gasteiger partial charge on any atom is 0.198 e. The molecule has 0 saturated carbocycles. The Balaban J connectivity index is 2.55. The molecule has 0 atom stereocenters. The fourth-order valence-electron chi connectivity index (χ4n) is 1.69. The molecule has 0 aliphatic carbocycles. The van der Waals surface area contributed by atoms with Gasteiger partial charge in [-0.05, 0) is 47.1 Å². The lowest BCUT2D eigenvalue weighted by atomic mass is 9.99. The van der Waals surface area contributed by atoms with E-state index in [2.05, 4.69) is 15.9 Å². The topological polar surface area (TPSA) is 43.1 Å². The number of benzene rings is 2. The molecule has 0 unspecified atom stereocenters. The van der Waals surface area contributed by atoms with Crippen molar-refractivity contribution in [1.82, 2.24) is 0 Å². The van der Waals surface area contributed by atoms with E-state index in [1.54, 1.807) is 24.3 Å². The standard InChI is InChI=1S/C14H11BrFNO/c1-8-5-6-12(17)10(7-8)14(18)9-3-2-4-11(15)13(9)16/h2-7H,17H2,1H3. The van der Waals surface area contributed by atoms with Gasteiger partial charge in [-0.1, -0.05) is 17.7 Å². The van der Waals surface area contributed by atoms with E-state index in [0.717, 1.165) is 5.56 Å².